The van der Waals surface area contributed by atoms with E-state index in [1.807, 2.05) is 13.8 Å². The number of aliphatic hydroxyl groups excluding tert-OH is 1. The van der Waals surface area contributed by atoms with E-state index < -0.39 is 35.1 Å². The fraction of sp³-hybridized carbons (Fsp3) is 0.810. The summed E-state index contributed by atoms with van der Waals surface area (Å²) in [5.41, 5.74) is -2.99. The van der Waals surface area contributed by atoms with Crippen molar-refractivity contribution in [3.8, 4) is 0 Å². The SMILES string of the molecule is CCCCCC(=O)O[C@@H]1C=C2COC(=O)[C@]2(O)[C@@]2(C)[C@@H](O)CCC(C)(C)[C@H]12. The van der Waals surface area contributed by atoms with E-state index in [9.17, 15) is 19.8 Å². The van der Waals surface area contributed by atoms with Crippen molar-refractivity contribution in [2.24, 2.45) is 16.7 Å². The van der Waals surface area contributed by atoms with Crippen molar-refractivity contribution in [1.29, 1.82) is 0 Å². The van der Waals surface area contributed by atoms with Crippen molar-refractivity contribution < 1.29 is 29.3 Å². The molecule has 2 fully saturated rings. The minimum Gasteiger partial charge on any atom is -0.459 e. The molecule has 0 aromatic carbocycles. The monoisotopic (exact) mass is 380 g/mol. The van der Waals surface area contributed by atoms with Gasteiger partial charge in [-0.05, 0) is 30.8 Å². The number of unbranched alkanes of at least 4 members (excludes halogenated alkanes) is 2. The van der Waals surface area contributed by atoms with Gasteiger partial charge in [0.25, 0.3) is 0 Å². The van der Waals surface area contributed by atoms with Gasteiger partial charge >= 0.3 is 11.9 Å². The molecule has 0 unspecified atom stereocenters. The molecule has 152 valence electrons. The summed E-state index contributed by atoms with van der Waals surface area (Å²) < 4.78 is 11.0. The summed E-state index contributed by atoms with van der Waals surface area (Å²) in [7, 11) is 0. The minimum absolute atomic E-state index is 0.0331. The molecule has 0 amide bonds. The van der Waals surface area contributed by atoms with E-state index in [0.29, 0.717) is 24.8 Å². The highest BCUT2D eigenvalue weighted by molar-refractivity contribution is 5.88. The normalized spacial score (nSPS) is 39.9. The van der Waals surface area contributed by atoms with Crippen molar-refractivity contribution >= 4 is 11.9 Å². The predicted molar refractivity (Wildman–Crippen MR) is 98.6 cm³/mol. The van der Waals surface area contributed by atoms with Gasteiger partial charge in [0, 0.05) is 23.3 Å². The molecule has 1 saturated heterocycles. The fourth-order valence-corrected chi connectivity index (χ4v) is 5.58. The van der Waals surface area contributed by atoms with Crippen molar-refractivity contribution in [1.82, 2.24) is 0 Å². The zero-order valence-electron chi connectivity index (χ0n) is 16.8. The van der Waals surface area contributed by atoms with Gasteiger partial charge in [0.05, 0.1) is 6.10 Å². The summed E-state index contributed by atoms with van der Waals surface area (Å²) in [6.07, 6.45) is 4.50. The van der Waals surface area contributed by atoms with Gasteiger partial charge in [-0.3, -0.25) is 4.79 Å². The van der Waals surface area contributed by atoms with Crippen LogP contribution in [0.4, 0.5) is 0 Å². The molecule has 0 spiro atoms. The van der Waals surface area contributed by atoms with Crippen molar-refractivity contribution in [2.45, 2.75) is 84.0 Å². The Bertz CT molecular complexity index is 653. The molecular formula is C21H32O6. The lowest BCUT2D eigenvalue weighted by atomic mass is 9.45. The topological polar surface area (TPSA) is 93.1 Å². The largest absolute Gasteiger partial charge is 0.459 e. The van der Waals surface area contributed by atoms with E-state index in [1.54, 1.807) is 13.0 Å². The molecule has 3 rings (SSSR count). The molecule has 27 heavy (non-hydrogen) atoms. The Kier molecular flexibility index (Phi) is 5.19. The van der Waals surface area contributed by atoms with Crippen LogP contribution in [0, 0.1) is 16.7 Å². The van der Waals surface area contributed by atoms with Gasteiger partial charge in [0.15, 0.2) is 5.60 Å². The number of cyclic esters (lactones) is 1. The van der Waals surface area contributed by atoms with Crippen LogP contribution >= 0.6 is 0 Å². The highest BCUT2D eigenvalue weighted by Gasteiger charge is 2.72. The quantitative estimate of drug-likeness (QED) is 0.432. The van der Waals surface area contributed by atoms with E-state index in [0.717, 1.165) is 19.3 Å². The van der Waals surface area contributed by atoms with Gasteiger partial charge in [0.1, 0.15) is 12.7 Å². The summed E-state index contributed by atoms with van der Waals surface area (Å²) in [6, 6.07) is 0. The molecule has 0 radical (unpaired) electrons. The number of hydrogen-bond donors (Lipinski definition) is 2. The Morgan fingerprint density at radius 2 is 2.04 bits per heavy atom. The third kappa shape index (κ3) is 2.92. The molecule has 2 aliphatic carbocycles. The Balaban J connectivity index is 2.00. The third-order valence-electron chi connectivity index (χ3n) is 7.09. The van der Waals surface area contributed by atoms with Crippen LogP contribution in [-0.2, 0) is 19.1 Å². The van der Waals surface area contributed by atoms with Gasteiger partial charge in [-0.1, -0.05) is 40.5 Å². The number of carbonyl (C=O) groups excluding carboxylic acids is 2. The number of carbonyl (C=O) groups is 2. The lowest BCUT2D eigenvalue weighted by Crippen LogP contribution is -2.69. The summed E-state index contributed by atoms with van der Waals surface area (Å²) in [5.74, 6) is -1.40. The molecule has 6 heteroatoms. The average Bonchev–Trinajstić information content (AvgIpc) is 2.88. The van der Waals surface area contributed by atoms with Crippen LogP contribution in [0.25, 0.3) is 0 Å². The molecule has 1 aliphatic heterocycles. The lowest BCUT2D eigenvalue weighted by molar-refractivity contribution is -0.225. The van der Waals surface area contributed by atoms with E-state index in [2.05, 4.69) is 6.92 Å². The van der Waals surface area contributed by atoms with E-state index in [1.165, 1.54) is 0 Å². The smallest absolute Gasteiger partial charge is 0.343 e. The highest BCUT2D eigenvalue weighted by Crippen LogP contribution is 2.63. The standard InChI is InChI=1S/C21H32O6/c1-5-6-7-8-16(23)27-14-11-13-12-26-18(24)21(13,25)20(4)15(22)9-10-19(2,3)17(14)20/h11,14-15,17,22,25H,5-10,12H2,1-4H3/t14-,15+,17+,20+,21+/m1/s1. The number of esters is 2. The van der Waals surface area contributed by atoms with E-state index in [-0.39, 0.29) is 18.0 Å². The first kappa shape index (κ1) is 20.3. The summed E-state index contributed by atoms with van der Waals surface area (Å²) in [5, 5.41) is 22.3. The molecule has 5 atom stereocenters. The fourth-order valence-electron chi connectivity index (χ4n) is 5.58. The molecule has 0 bridgehead atoms. The molecule has 6 nitrogen and oxygen atoms in total. The number of fused-ring (bicyclic) bond motifs is 3. The Morgan fingerprint density at radius 1 is 1.33 bits per heavy atom. The summed E-state index contributed by atoms with van der Waals surface area (Å²) in [4.78, 5) is 24.9. The average molecular weight is 380 g/mol. The van der Waals surface area contributed by atoms with Crippen molar-refractivity contribution in [3.05, 3.63) is 11.6 Å². The number of ether oxygens (including phenoxy) is 2. The second-order valence-corrected chi connectivity index (χ2v) is 9.19. The number of rotatable bonds is 5. The van der Waals surface area contributed by atoms with Crippen LogP contribution in [0.2, 0.25) is 0 Å². The predicted octanol–water partition coefficient (Wildman–Crippen LogP) is 2.51. The first-order valence-electron chi connectivity index (χ1n) is 10.1. The Hall–Kier alpha value is -1.40. The van der Waals surface area contributed by atoms with Gasteiger partial charge in [-0.25, -0.2) is 4.79 Å². The van der Waals surface area contributed by atoms with E-state index in [4.69, 9.17) is 9.47 Å². The minimum atomic E-state index is -1.88. The van der Waals surface area contributed by atoms with Gasteiger partial charge in [-0.2, -0.15) is 0 Å². The highest BCUT2D eigenvalue weighted by atomic mass is 16.6. The van der Waals surface area contributed by atoms with Crippen LogP contribution in [0.15, 0.2) is 11.6 Å². The van der Waals surface area contributed by atoms with Gasteiger partial charge < -0.3 is 19.7 Å². The second kappa shape index (κ2) is 6.89. The van der Waals surface area contributed by atoms with Crippen LogP contribution in [-0.4, -0.2) is 46.6 Å². The zero-order chi connectivity index (χ0) is 20.0. The molecule has 1 saturated carbocycles. The Morgan fingerprint density at radius 3 is 2.70 bits per heavy atom. The van der Waals surface area contributed by atoms with Crippen LogP contribution in [0.5, 0.6) is 0 Å². The molecule has 2 N–H and O–H groups in total. The summed E-state index contributed by atoms with van der Waals surface area (Å²) >= 11 is 0. The van der Waals surface area contributed by atoms with Crippen molar-refractivity contribution in [3.63, 3.8) is 0 Å². The number of aliphatic hydroxyl groups is 2. The van der Waals surface area contributed by atoms with Gasteiger partial charge in [-0.15, -0.1) is 0 Å². The maximum absolute atomic E-state index is 12.5. The first-order chi connectivity index (χ1) is 12.6. The maximum atomic E-state index is 12.5. The van der Waals surface area contributed by atoms with Crippen molar-refractivity contribution in [2.75, 3.05) is 6.61 Å². The zero-order valence-corrected chi connectivity index (χ0v) is 16.8. The molecular weight excluding hydrogens is 348 g/mol. The maximum Gasteiger partial charge on any atom is 0.343 e. The number of hydrogen-bond acceptors (Lipinski definition) is 6. The Labute approximate surface area is 160 Å². The van der Waals surface area contributed by atoms with Gasteiger partial charge in [0.2, 0.25) is 0 Å². The molecule has 0 aromatic rings. The lowest BCUT2D eigenvalue weighted by Gasteiger charge is -2.60. The molecule has 1 heterocycles. The molecule has 3 aliphatic rings. The van der Waals surface area contributed by atoms with Crippen LogP contribution in [0.1, 0.15) is 66.2 Å². The van der Waals surface area contributed by atoms with Crippen LogP contribution in [0.3, 0.4) is 0 Å². The first-order valence-corrected chi connectivity index (χ1v) is 10.1. The van der Waals surface area contributed by atoms with E-state index >= 15 is 0 Å². The third-order valence-corrected chi connectivity index (χ3v) is 7.09. The summed E-state index contributed by atoms with van der Waals surface area (Å²) in [6.45, 7) is 7.87. The second-order valence-electron chi connectivity index (χ2n) is 9.19. The van der Waals surface area contributed by atoms with Crippen LogP contribution < -0.4 is 0 Å². The molecule has 0 aromatic heterocycles.